The number of hydrogen-bond acceptors (Lipinski definition) is 5. The van der Waals surface area contributed by atoms with Crippen LogP contribution in [0.2, 0.25) is 0 Å². The van der Waals surface area contributed by atoms with Crippen molar-refractivity contribution in [1.29, 1.82) is 0 Å². The van der Waals surface area contributed by atoms with Crippen molar-refractivity contribution in [1.82, 2.24) is 9.97 Å². The minimum Gasteiger partial charge on any atom is -0.492 e. The molecular weight excluding hydrogens is 473 g/mol. The SMILES string of the molecule is CCCCc1nc(-c2ccc(C(F)(F)F)cc2)ncc1COc1ccc(OCC(C)C(=O)O)c(C)c1. The standard InChI is InChI=1S/C27H29F3N2O4/c1-4-5-6-23-20(14-31-25(32-23)19-7-9-21(10-8-19)27(28,29)30)16-35-22-11-12-24(17(2)13-22)36-15-18(3)26(33)34/h7-14,18H,4-6,15-16H2,1-3H3,(H,33,34). The summed E-state index contributed by atoms with van der Waals surface area (Å²) in [5.41, 5.74) is 2.20. The summed E-state index contributed by atoms with van der Waals surface area (Å²) in [6.45, 7) is 5.79. The topological polar surface area (TPSA) is 81.5 Å². The molecule has 0 amide bonds. The fraction of sp³-hybridized carbons (Fsp3) is 0.370. The van der Waals surface area contributed by atoms with Gasteiger partial charge in [0.15, 0.2) is 5.82 Å². The maximum atomic E-state index is 12.9. The summed E-state index contributed by atoms with van der Waals surface area (Å²) in [5, 5.41) is 9.00. The fourth-order valence-electron chi connectivity index (χ4n) is 3.39. The summed E-state index contributed by atoms with van der Waals surface area (Å²) < 4.78 is 50.2. The van der Waals surface area contributed by atoms with Gasteiger partial charge in [0.1, 0.15) is 24.7 Å². The number of aromatic nitrogens is 2. The molecule has 0 saturated heterocycles. The number of benzene rings is 2. The van der Waals surface area contributed by atoms with Crippen LogP contribution in [0.5, 0.6) is 11.5 Å². The highest BCUT2D eigenvalue weighted by molar-refractivity contribution is 5.69. The van der Waals surface area contributed by atoms with Gasteiger partial charge in [-0.05, 0) is 62.6 Å². The van der Waals surface area contributed by atoms with Crippen LogP contribution in [-0.2, 0) is 24.0 Å². The molecule has 0 fully saturated rings. The van der Waals surface area contributed by atoms with Crippen LogP contribution < -0.4 is 9.47 Å². The van der Waals surface area contributed by atoms with Gasteiger partial charge in [-0.25, -0.2) is 9.97 Å². The number of carboxylic acids is 1. The molecule has 1 N–H and O–H groups in total. The van der Waals surface area contributed by atoms with Crippen LogP contribution in [0.3, 0.4) is 0 Å². The molecule has 0 aliphatic heterocycles. The van der Waals surface area contributed by atoms with E-state index in [1.54, 1.807) is 25.3 Å². The van der Waals surface area contributed by atoms with Gasteiger partial charge in [-0.2, -0.15) is 13.2 Å². The first-order chi connectivity index (χ1) is 17.1. The number of carbonyl (C=O) groups is 1. The maximum absolute atomic E-state index is 12.9. The van der Waals surface area contributed by atoms with Crippen LogP contribution in [0.1, 0.15) is 49.1 Å². The number of aliphatic carboxylic acids is 1. The van der Waals surface area contributed by atoms with E-state index in [2.05, 4.69) is 16.9 Å². The van der Waals surface area contributed by atoms with Gasteiger partial charge in [-0.1, -0.05) is 25.5 Å². The van der Waals surface area contributed by atoms with Crippen molar-refractivity contribution in [3.63, 3.8) is 0 Å². The van der Waals surface area contributed by atoms with E-state index >= 15 is 0 Å². The lowest BCUT2D eigenvalue weighted by Gasteiger charge is -2.14. The summed E-state index contributed by atoms with van der Waals surface area (Å²) in [7, 11) is 0. The van der Waals surface area contributed by atoms with Gasteiger partial charge in [0.25, 0.3) is 0 Å². The molecule has 0 aliphatic carbocycles. The van der Waals surface area contributed by atoms with Crippen molar-refractivity contribution in [3.8, 4) is 22.9 Å². The van der Waals surface area contributed by atoms with Gasteiger partial charge in [0.05, 0.1) is 17.2 Å². The third-order valence-electron chi connectivity index (χ3n) is 5.64. The van der Waals surface area contributed by atoms with Crippen LogP contribution in [-0.4, -0.2) is 27.7 Å². The third-order valence-corrected chi connectivity index (χ3v) is 5.64. The van der Waals surface area contributed by atoms with Crippen molar-refractivity contribution in [2.45, 2.75) is 52.8 Å². The number of unbranched alkanes of at least 4 members (excludes halogenated alkanes) is 1. The van der Waals surface area contributed by atoms with E-state index < -0.39 is 23.6 Å². The first-order valence-corrected chi connectivity index (χ1v) is 11.7. The van der Waals surface area contributed by atoms with E-state index in [0.717, 1.165) is 41.8 Å². The van der Waals surface area contributed by atoms with Gasteiger partial charge < -0.3 is 14.6 Å². The Morgan fingerprint density at radius 2 is 1.83 bits per heavy atom. The molecule has 0 aliphatic rings. The number of hydrogen-bond donors (Lipinski definition) is 1. The van der Waals surface area contributed by atoms with E-state index in [4.69, 9.17) is 14.6 Å². The minimum atomic E-state index is -4.40. The van der Waals surface area contributed by atoms with E-state index in [9.17, 15) is 18.0 Å². The normalized spacial score (nSPS) is 12.3. The molecule has 1 aromatic heterocycles. The molecule has 0 spiro atoms. The van der Waals surface area contributed by atoms with Gasteiger partial charge in [-0.3, -0.25) is 4.79 Å². The van der Waals surface area contributed by atoms with Gasteiger partial charge >= 0.3 is 12.1 Å². The van der Waals surface area contributed by atoms with E-state index in [-0.39, 0.29) is 13.2 Å². The zero-order valence-electron chi connectivity index (χ0n) is 20.4. The molecule has 6 nitrogen and oxygen atoms in total. The number of alkyl halides is 3. The molecule has 0 radical (unpaired) electrons. The highest BCUT2D eigenvalue weighted by Gasteiger charge is 2.30. The number of nitrogens with zero attached hydrogens (tertiary/aromatic N) is 2. The lowest BCUT2D eigenvalue weighted by Crippen LogP contribution is -2.18. The lowest BCUT2D eigenvalue weighted by molar-refractivity contribution is -0.142. The minimum absolute atomic E-state index is 0.0692. The predicted octanol–water partition coefficient (Wildman–Crippen LogP) is 6.49. The molecule has 36 heavy (non-hydrogen) atoms. The molecule has 0 saturated carbocycles. The molecular formula is C27H29F3N2O4. The van der Waals surface area contributed by atoms with Crippen LogP contribution in [0, 0.1) is 12.8 Å². The Hall–Kier alpha value is -3.62. The Bertz CT molecular complexity index is 1180. The Labute approximate surface area is 208 Å². The van der Waals surface area contributed by atoms with Crippen LogP contribution in [0.25, 0.3) is 11.4 Å². The Morgan fingerprint density at radius 3 is 2.44 bits per heavy atom. The Kier molecular flexibility index (Phi) is 8.90. The number of ether oxygens (including phenoxy) is 2. The highest BCUT2D eigenvalue weighted by Crippen LogP contribution is 2.31. The van der Waals surface area contributed by atoms with Crippen LogP contribution in [0.4, 0.5) is 13.2 Å². The summed E-state index contributed by atoms with van der Waals surface area (Å²) in [6.07, 6.45) is -0.189. The van der Waals surface area contributed by atoms with Crippen molar-refractivity contribution in [2.24, 2.45) is 5.92 Å². The number of aryl methyl sites for hydroxylation is 2. The zero-order valence-corrected chi connectivity index (χ0v) is 20.4. The molecule has 9 heteroatoms. The van der Waals surface area contributed by atoms with E-state index in [1.807, 2.05) is 13.0 Å². The smallest absolute Gasteiger partial charge is 0.416 e. The molecule has 3 aromatic rings. The summed E-state index contributed by atoms with van der Waals surface area (Å²) in [4.78, 5) is 20.0. The van der Waals surface area contributed by atoms with Gasteiger partial charge in [0, 0.05) is 17.3 Å². The number of rotatable bonds is 11. The van der Waals surface area contributed by atoms with E-state index in [1.165, 1.54) is 12.1 Å². The second-order valence-corrected chi connectivity index (χ2v) is 8.61. The first kappa shape index (κ1) is 27.0. The monoisotopic (exact) mass is 502 g/mol. The highest BCUT2D eigenvalue weighted by atomic mass is 19.4. The molecule has 1 atom stereocenters. The average Bonchev–Trinajstić information content (AvgIpc) is 2.85. The summed E-state index contributed by atoms with van der Waals surface area (Å²) in [6, 6.07) is 10.1. The van der Waals surface area contributed by atoms with Gasteiger partial charge in [0.2, 0.25) is 0 Å². The van der Waals surface area contributed by atoms with Crippen molar-refractivity contribution >= 4 is 5.97 Å². The number of halogens is 3. The molecule has 0 bridgehead atoms. The summed E-state index contributed by atoms with van der Waals surface area (Å²) >= 11 is 0. The van der Waals surface area contributed by atoms with E-state index in [0.29, 0.717) is 29.3 Å². The average molecular weight is 503 g/mol. The first-order valence-electron chi connectivity index (χ1n) is 11.7. The van der Waals surface area contributed by atoms with Crippen molar-refractivity contribution < 1.29 is 32.5 Å². The second kappa shape index (κ2) is 11.9. The zero-order chi connectivity index (χ0) is 26.3. The third kappa shape index (κ3) is 7.19. The Balaban J connectivity index is 1.73. The van der Waals surface area contributed by atoms with Crippen molar-refractivity contribution in [2.75, 3.05) is 6.61 Å². The molecule has 192 valence electrons. The van der Waals surface area contributed by atoms with Crippen LogP contribution in [0.15, 0.2) is 48.7 Å². The molecule has 1 unspecified atom stereocenters. The van der Waals surface area contributed by atoms with Gasteiger partial charge in [-0.15, -0.1) is 0 Å². The molecule has 3 rings (SSSR count). The molecule has 1 heterocycles. The quantitative estimate of drug-likeness (QED) is 0.323. The predicted molar refractivity (Wildman–Crippen MR) is 129 cm³/mol. The second-order valence-electron chi connectivity index (χ2n) is 8.61. The van der Waals surface area contributed by atoms with Crippen LogP contribution >= 0.6 is 0 Å². The summed E-state index contributed by atoms with van der Waals surface area (Å²) in [5.74, 6) is 0.0275. The molecule has 2 aromatic carbocycles. The lowest BCUT2D eigenvalue weighted by atomic mass is 10.1. The fourth-order valence-corrected chi connectivity index (χ4v) is 3.39. The maximum Gasteiger partial charge on any atom is 0.416 e. The largest absolute Gasteiger partial charge is 0.492 e. The van der Waals surface area contributed by atoms with Crippen molar-refractivity contribution in [3.05, 3.63) is 71.0 Å². The Morgan fingerprint density at radius 1 is 1.11 bits per heavy atom. The number of carboxylic acid groups (broad SMARTS) is 1.